The lowest BCUT2D eigenvalue weighted by Gasteiger charge is -2.11. The van der Waals surface area contributed by atoms with Crippen LogP contribution in [-0.4, -0.2) is 13.2 Å². The molecule has 0 fully saturated rings. The van der Waals surface area contributed by atoms with Crippen LogP contribution in [0.4, 0.5) is 0 Å². The van der Waals surface area contributed by atoms with Crippen LogP contribution in [0.5, 0.6) is 11.5 Å². The van der Waals surface area contributed by atoms with Crippen molar-refractivity contribution in [3.05, 3.63) is 30.7 Å². The van der Waals surface area contributed by atoms with Crippen LogP contribution in [0.1, 0.15) is 212 Å². The maximum atomic E-state index is 6.05. The second kappa shape index (κ2) is 32.2. The van der Waals surface area contributed by atoms with Crippen LogP contribution in [0.2, 0.25) is 0 Å². The van der Waals surface area contributed by atoms with Gasteiger partial charge in [0.1, 0.15) is 11.5 Å². The third kappa shape index (κ3) is 28.1. The van der Waals surface area contributed by atoms with Gasteiger partial charge >= 0.3 is 0 Å². The Bertz CT molecular complexity index is 630. The fraction of sp³-hybridized carbons (Fsp3) is 0.829. The van der Waals surface area contributed by atoms with Gasteiger partial charge in [-0.1, -0.05) is 194 Å². The summed E-state index contributed by atoms with van der Waals surface area (Å²) in [6, 6.07) is 6.11. The molecule has 0 aliphatic heterocycles. The van der Waals surface area contributed by atoms with E-state index in [1.54, 1.807) is 0 Å². The highest BCUT2D eigenvalue weighted by Crippen LogP contribution is 2.23. The molecular weight excluding hydrogens is 524 g/mol. The molecule has 1 aromatic rings. The number of hydrogen-bond acceptors (Lipinski definition) is 2. The Balaban J connectivity index is 1.91. The molecule has 0 aliphatic rings. The number of rotatable bonds is 34. The van der Waals surface area contributed by atoms with Gasteiger partial charge in [-0.3, -0.25) is 0 Å². The largest absolute Gasteiger partial charge is 0.493 e. The molecule has 0 saturated heterocycles. The first-order valence-corrected chi connectivity index (χ1v) is 19.5. The second-order valence-corrected chi connectivity index (χ2v) is 13.4. The Morgan fingerprint density at radius 2 is 0.581 bits per heavy atom. The molecule has 0 spiro atoms. The molecule has 0 aliphatic carbocycles. The summed E-state index contributed by atoms with van der Waals surface area (Å²) in [4.78, 5) is 0. The van der Waals surface area contributed by atoms with E-state index in [9.17, 15) is 0 Å². The Labute approximate surface area is 270 Å². The van der Waals surface area contributed by atoms with Gasteiger partial charge in [0.05, 0.1) is 13.2 Å². The van der Waals surface area contributed by atoms with E-state index in [-0.39, 0.29) is 0 Å². The summed E-state index contributed by atoms with van der Waals surface area (Å²) < 4.78 is 12.1. The van der Waals surface area contributed by atoms with Gasteiger partial charge in [0.2, 0.25) is 0 Å². The monoisotopic (exact) mass is 600 g/mol. The molecular formula is C41H75O2. The highest BCUT2D eigenvalue weighted by atomic mass is 16.5. The Kier molecular flexibility index (Phi) is 29.9. The number of ether oxygens (including phenoxy) is 2. The molecule has 0 saturated carbocycles. The quantitative estimate of drug-likeness (QED) is 0.0734. The summed E-state index contributed by atoms with van der Waals surface area (Å²) in [5.74, 6) is 1.81. The van der Waals surface area contributed by atoms with E-state index in [0.29, 0.717) is 0 Å². The fourth-order valence-electron chi connectivity index (χ4n) is 6.12. The summed E-state index contributed by atoms with van der Waals surface area (Å²) >= 11 is 0. The van der Waals surface area contributed by atoms with Crippen molar-refractivity contribution >= 4 is 0 Å². The predicted molar refractivity (Wildman–Crippen MR) is 192 cm³/mol. The summed E-state index contributed by atoms with van der Waals surface area (Å²) in [6.45, 7) is 10.3. The number of unbranched alkanes of at least 4 members (excludes halogenated alkanes) is 28. The van der Waals surface area contributed by atoms with Gasteiger partial charge in [0.25, 0.3) is 0 Å². The maximum absolute atomic E-state index is 6.05. The predicted octanol–water partition coefficient (Wildman–Crippen LogP) is 14.4. The van der Waals surface area contributed by atoms with Crippen LogP contribution in [0.3, 0.4) is 0 Å². The maximum Gasteiger partial charge on any atom is 0.123 e. The van der Waals surface area contributed by atoms with E-state index >= 15 is 0 Å². The highest BCUT2D eigenvalue weighted by Gasteiger charge is 2.02. The van der Waals surface area contributed by atoms with Crippen LogP contribution < -0.4 is 9.47 Å². The molecule has 0 aromatic heterocycles. The Morgan fingerprint density at radius 1 is 0.349 bits per heavy atom. The Morgan fingerprint density at radius 3 is 0.837 bits per heavy atom. The molecule has 0 bridgehead atoms. The molecule has 1 aromatic carbocycles. The van der Waals surface area contributed by atoms with E-state index in [1.807, 2.05) is 18.2 Å². The van der Waals surface area contributed by atoms with Crippen LogP contribution in [0, 0.1) is 6.92 Å². The van der Waals surface area contributed by atoms with Gasteiger partial charge in [-0.15, -0.1) is 0 Å². The van der Waals surface area contributed by atoms with Crippen molar-refractivity contribution in [2.75, 3.05) is 13.2 Å². The molecule has 0 amide bonds. The van der Waals surface area contributed by atoms with Gasteiger partial charge in [-0.25, -0.2) is 0 Å². The van der Waals surface area contributed by atoms with Crippen molar-refractivity contribution in [2.45, 2.75) is 206 Å². The minimum Gasteiger partial charge on any atom is -0.493 e. The number of benzene rings is 1. The molecule has 2 heteroatoms. The third-order valence-electron chi connectivity index (χ3n) is 8.97. The van der Waals surface area contributed by atoms with Crippen molar-refractivity contribution in [3.8, 4) is 11.5 Å². The van der Waals surface area contributed by atoms with Gasteiger partial charge in [-0.05, 0) is 37.5 Å². The molecule has 251 valence electrons. The molecule has 0 N–H and O–H groups in total. The molecule has 1 rings (SSSR count). The second-order valence-electron chi connectivity index (χ2n) is 13.4. The topological polar surface area (TPSA) is 18.5 Å². The first-order chi connectivity index (χ1) is 21.3. The first kappa shape index (κ1) is 39.8. The highest BCUT2D eigenvalue weighted by molar-refractivity contribution is 5.39. The van der Waals surface area contributed by atoms with E-state index in [2.05, 4.69) is 20.8 Å². The van der Waals surface area contributed by atoms with E-state index in [1.165, 1.54) is 180 Å². The zero-order chi connectivity index (χ0) is 30.9. The van der Waals surface area contributed by atoms with Crippen LogP contribution >= 0.6 is 0 Å². The fourth-order valence-corrected chi connectivity index (χ4v) is 6.12. The van der Waals surface area contributed by atoms with E-state index in [4.69, 9.17) is 9.47 Å². The zero-order valence-corrected chi connectivity index (χ0v) is 29.4. The van der Waals surface area contributed by atoms with Crippen molar-refractivity contribution in [1.29, 1.82) is 0 Å². The minimum atomic E-state index is 0.792. The van der Waals surface area contributed by atoms with Crippen LogP contribution in [0.15, 0.2) is 18.2 Å². The van der Waals surface area contributed by atoms with E-state index in [0.717, 1.165) is 43.1 Å². The SMILES string of the molecule is [CH2]c1cc(OCCCCCCCCCCCCCCCCC)cc(OCCCCCCCCCCCCCCCCC)c1. The molecule has 2 nitrogen and oxygen atoms in total. The lowest BCUT2D eigenvalue weighted by Crippen LogP contribution is -2.00. The number of hydrogen-bond donors (Lipinski definition) is 0. The van der Waals surface area contributed by atoms with Gasteiger partial charge in [-0.2, -0.15) is 0 Å². The molecule has 43 heavy (non-hydrogen) atoms. The summed E-state index contributed by atoms with van der Waals surface area (Å²) in [7, 11) is 0. The van der Waals surface area contributed by atoms with Crippen LogP contribution in [0.25, 0.3) is 0 Å². The normalized spacial score (nSPS) is 11.3. The summed E-state index contributed by atoms with van der Waals surface area (Å²) in [5.41, 5.74) is 0.973. The third-order valence-corrected chi connectivity index (χ3v) is 8.97. The van der Waals surface area contributed by atoms with E-state index < -0.39 is 0 Å². The lowest BCUT2D eigenvalue weighted by atomic mass is 10.0. The van der Waals surface area contributed by atoms with Crippen LogP contribution in [-0.2, 0) is 0 Å². The van der Waals surface area contributed by atoms with Crippen molar-refractivity contribution in [1.82, 2.24) is 0 Å². The van der Waals surface area contributed by atoms with Crippen molar-refractivity contribution in [2.24, 2.45) is 0 Å². The van der Waals surface area contributed by atoms with Crippen molar-refractivity contribution in [3.63, 3.8) is 0 Å². The van der Waals surface area contributed by atoms with Crippen molar-refractivity contribution < 1.29 is 9.47 Å². The first-order valence-electron chi connectivity index (χ1n) is 19.5. The Hall–Kier alpha value is -1.18. The molecule has 0 atom stereocenters. The smallest absolute Gasteiger partial charge is 0.123 e. The molecule has 0 unspecified atom stereocenters. The minimum absolute atomic E-state index is 0.792. The lowest BCUT2D eigenvalue weighted by molar-refractivity contribution is 0.289. The average Bonchev–Trinajstić information content (AvgIpc) is 3.00. The van der Waals surface area contributed by atoms with Gasteiger partial charge in [0.15, 0.2) is 0 Å². The molecule has 0 heterocycles. The standard InChI is InChI=1S/C41H75O2/c1-4-6-8-10-12-14-16-18-20-22-24-26-28-30-32-34-42-40-36-39(3)37-41(38-40)43-35-33-31-29-27-25-23-21-19-17-15-13-11-9-7-5-2/h36-38H,3-35H2,1-2H3. The zero-order valence-electron chi connectivity index (χ0n) is 29.4. The average molecular weight is 600 g/mol. The summed E-state index contributed by atoms with van der Waals surface area (Å²) in [5, 5.41) is 0. The van der Waals surface area contributed by atoms with Gasteiger partial charge < -0.3 is 9.47 Å². The molecule has 1 radical (unpaired) electrons. The summed E-state index contributed by atoms with van der Waals surface area (Å²) in [6.07, 6.45) is 41.7. The van der Waals surface area contributed by atoms with Gasteiger partial charge in [0, 0.05) is 6.07 Å².